The Bertz CT molecular complexity index is 630. The molecule has 0 saturated heterocycles. The van der Waals surface area contributed by atoms with E-state index < -0.39 is 0 Å². The van der Waals surface area contributed by atoms with Crippen LogP contribution in [0.3, 0.4) is 0 Å². The molecule has 1 aliphatic rings. The van der Waals surface area contributed by atoms with E-state index in [2.05, 4.69) is 5.32 Å². The molecule has 0 aromatic heterocycles. The van der Waals surface area contributed by atoms with Crippen molar-refractivity contribution in [3.05, 3.63) is 65.2 Å². The van der Waals surface area contributed by atoms with Crippen molar-refractivity contribution in [1.82, 2.24) is 5.32 Å². The number of ether oxygens (including phenoxy) is 1. The average Bonchev–Trinajstić information content (AvgIpc) is 2.87. The van der Waals surface area contributed by atoms with E-state index in [0.29, 0.717) is 31.5 Å². The third-order valence-corrected chi connectivity index (χ3v) is 3.66. The quantitative estimate of drug-likeness (QED) is 0.854. The van der Waals surface area contributed by atoms with Gasteiger partial charge in [-0.05, 0) is 42.8 Å². The Morgan fingerprint density at radius 3 is 2.86 bits per heavy atom. The van der Waals surface area contributed by atoms with Crippen LogP contribution in [-0.2, 0) is 12.8 Å². The number of fused-ring (bicyclic) bond motifs is 1. The van der Waals surface area contributed by atoms with Gasteiger partial charge in [0, 0.05) is 18.5 Å². The minimum Gasteiger partial charge on any atom is -0.488 e. The SMILES string of the molecule is Fc1ccc2c(c1)CC(CNCCc1ccccc1F)O2. The van der Waals surface area contributed by atoms with Crippen molar-refractivity contribution in [1.29, 1.82) is 0 Å². The molecule has 0 amide bonds. The van der Waals surface area contributed by atoms with Crippen LogP contribution in [0.4, 0.5) is 8.78 Å². The van der Waals surface area contributed by atoms with Crippen molar-refractivity contribution >= 4 is 0 Å². The van der Waals surface area contributed by atoms with Gasteiger partial charge in [0.2, 0.25) is 0 Å². The third kappa shape index (κ3) is 3.39. The number of rotatable bonds is 5. The molecule has 1 heterocycles. The van der Waals surface area contributed by atoms with Gasteiger partial charge in [-0.15, -0.1) is 0 Å². The van der Waals surface area contributed by atoms with Crippen LogP contribution in [0.15, 0.2) is 42.5 Å². The molecule has 3 rings (SSSR count). The van der Waals surface area contributed by atoms with E-state index in [9.17, 15) is 8.78 Å². The summed E-state index contributed by atoms with van der Waals surface area (Å²) in [7, 11) is 0. The normalized spacial score (nSPS) is 16.6. The summed E-state index contributed by atoms with van der Waals surface area (Å²) in [6.45, 7) is 1.36. The lowest BCUT2D eigenvalue weighted by atomic mass is 10.1. The van der Waals surface area contributed by atoms with E-state index in [1.807, 2.05) is 6.07 Å². The molecule has 21 heavy (non-hydrogen) atoms. The van der Waals surface area contributed by atoms with Gasteiger partial charge in [0.1, 0.15) is 23.5 Å². The topological polar surface area (TPSA) is 21.3 Å². The van der Waals surface area contributed by atoms with Gasteiger partial charge in [0.05, 0.1) is 0 Å². The van der Waals surface area contributed by atoms with Crippen molar-refractivity contribution in [3.63, 3.8) is 0 Å². The fraction of sp³-hybridized carbons (Fsp3) is 0.294. The van der Waals surface area contributed by atoms with Crippen molar-refractivity contribution < 1.29 is 13.5 Å². The van der Waals surface area contributed by atoms with Gasteiger partial charge in [-0.2, -0.15) is 0 Å². The first-order valence-corrected chi connectivity index (χ1v) is 7.11. The number of hydrogen-bond acceptors (Lipinski definition) is 2. The fourth-order valence-electron chi connectivity index (χ4n) is 2.59. The van der Waals surface area contributed by atoms with Gasteiger partial charge in [0.25, 0.3) is 0 Å². The van der Waals surface area contributed by atoms with Crippen LogP contribution in [0.1, 0.15) is 11.1 Å². The van der Waals surface area contributed by atoms with Gasteiger partial charge in [-0.25, -0.2) is 8.78 Å². The van der Waals surface area contributed by atoms with Gasteiger partial charge in [0.15, 0.2) is 0 Å². The molecular formula is C17H17F2NO. The van der Waals surface area contributed by atoms with Gasteiger partial charge < -0.3 is 10.1 Å². The summed E-state index contributed by atoms with van der Waals surface area (Å²) >= 11 is 0. The summed E-state index contributed by atoms with van der Waals surface area (Å²) in [6.07, 6.45) is 1.36. The zero-order valence-electron chi connectivity index (χ0n) is 11.6. The van der Waals surface area contributed by atoms with Gasteiger partial charge >= 0.3 is 0 Å². The Morgan fingerprint density at radius 1 is 1.14 bits per heavy atom. The maximum atomic E-state index is 13.4. The number of halogens is 2. The average molecular weight is 289 g/mol. The highest BCUT2D eigenvalue weighted by molar-refractivity contribution is 5.37. The van der Waals surface area contributed by atoms with E-state index >= 15 is 0 Å². The van der Waals surface area contributed by atoms with E-state index in [0.717, 1.165) is 11.3 Å². The van der Waals surface area contributed by atoms with Crippen LogP contribution in [0.25, 0.3) is 0 Å². The molecule has 0 bridgehead atoms. The second kappa shape index (κ2) is 6.22. The number of nitrogens with one attached hydrogen (secondary N) is 1. The maximum Gasteiger partial charge on any atom is 0.126 e. The summed E-state index contributed by atoms with van der Waals surface area (Å²) in [4.78, 5) is 0. The van der Waals surface area contributed by atoms with Crippen molar-refractivity contribution in [3.8, 4) is 5.75 Å². The van der Waals surface area contributed by atoms with Crippen LogP contribution in [0.5, 0.6) is 5.75 Å². The highest BCUT2D eigenvalue weighted by Crippen LogP contribution is 2.28. The van der Waals surface area contributed by atoms with Crippen LogP contribution in [0, 0.1) is 11.6 Å². The van der Waals surface area contributed by atoms with E-state index in [1.54, 1.807) is 18.2 Å². The molecule has 0 aliphatic carbocycles. The Morgan fingerprint density at radius 2 is 2.00 bits per heavy atom. The number of hydrogen-bond donors (Lipinski definition) is 1. The predicted molar refractivity (Wildman–Crippen MR) is 77.5 cm³/mol. The van der Waals surface area contributed by atoms with Crippen LogP contribution >= 0.6 is 0 Å². The minimum atomic E-state index is -0.231. The second-order valence-electron chi connectivity index (χ2n) is 5.24. The van der Waals surface area contributed by atoms with Gasteiger partial charge in [-0.3, -0.25) is 0 Å². The van der Waals surface area contributed by atoms with Crippen LogP contribution in [0.2, 0.25) is 0 Å². The molecule has 1 N–H and O–H groups in total. The lowest BCUT2D eigenvalue weighted by molar-refractivity contribution is 0.228. The van der Waals surface area contributed by atoms with Gasteiger partial charge in [-0.1, -0.05) is 18.2 Å². The molecule has 110 valence electrons. The van der Waals surface area contributed by atoms with E-state index in [-0.39, 0.29) is 17.7 Å². The molecular weight excluding hydrogens is 272 g/mol. The number of benzene rings is 2. The molecule has 1 atom stereocenters. The molecule has 2 aromatic carbocycles. The van der Waals surface area contributed by atoms with Crippen molar-refractivity contribution in [2.75, 3.05) is 13.1 Å². The molecule has 1 aliphatic heterocycles. The van der Waals surface area contributed by atoms with E-state index in [4.69, 9.17) is 4.74 Å². The van der Waals surface area contributed by atoms with E-state index in [1.165, 1.54) is 18.2 Å². The smallest absolute Gasteiger partial charge is 0.126 e. The lowest BCUT2D eigenvalue weighted by Crippen LogP contribution is -2.31. The standard InChI is InChI=1S/C17H17F2NO/c18-14-5-6-17-13(9-14)10-15(21-17)11-20-8-7-12-3-1-2-4-16(12)19/h1-6,9,15,20H,7-8,10-11H2. The van der Waals surface area contributed by atoms with Crippen LogP contribution in [-0.4, -0.2) is 19.2 Å². The Labute approximate surface area is 122 Å². The Kier molecular flexibility index (Phi) is 4.15. The first kappa shape index (κ1) is 14.0. The highest BCUT2D eigenvalue weighted by Gasteiger charge is 2.22. The largest absolute Gasteiger partial charge is 0.488 e. The molecule has 0 fully saturated rings. The Hall–Kier alpha value is -1.94. The van der Waals surface area contributed by atoms with Crippen molar-refractivity contribution in [2.24, 2.45) is 0 Å². The van der Waals surface area contributed by atoms with Crippen LogP contribution < -0.4 is 10.1 Å². The summed E-state index contributed by atoms with van der Waals surface area (Å²) in [5.41, 5.74) is 1.62. The molecule has 0 radical (unpaired) electrons. The molecule has 0 saturated carbocycles. The molecule has 2 nitrogen and oxygen atoms in total. The molecule has 0 spiro atoms. The minimum absolute atomic E-state index is 0.0161. The summed E-state index contributed by atoms with van der Waals surface area (Å²) in [5, 5.41) is 3.27. The monoisotopic (exact) mass is 289 g/mol. The molecule has 4 heteroatoms. The second-order valence-corrected chi connectivity index (χ2v) is 5.24. The Balaban J connectivity index is 1.44. The summed E-state index contributed by atoms with van der Waals surface area (Å²) in [6, 6.07) is 11.4. The summed E-state index contributed by atoms with van der Waals surface area (Å²) in [5.74, 6) is 0.363. The first-order valence-electron chi connectivity index (χ1n) is 7.11. The summed E-state index contributed by atoms with van der Waals surface area (Å²) < 4.78 is 32.3. The molecule has 1 unspecified atom stereocenters. The zero-order valence-corrected chi connectivity index (χ0v) is 11.6. The third-order valence-electron chi connectivity index (χ3n) is 3.66. The van der Waals surface area contributed by atoms with Crippen molar-refractivity contribution in [2.45, 2.75) is 18.9 Å². The predicted octanol–water partition coefficient (Wildman–Crippen LogP) is 3.10. The maximum absolute atomic E-state index is 13.4. The lowest BCUT2D eigenvalue weighted by Gasteiger charge is -2.12. The fourth-order valence-corrected chi connectivity index (χ4v) is 2.59. The highest BCUT2D eigenvalue weighted by atomic mass is 19.1. The zero-order chi connectivity index (χ0) is 14.7. The first-order chi connectivity index (χ1) is 10.2. The molecule has 2 aromatic rings.